The van der Waals surface area contributed by atoms with Crippen LogP contribution in [0.5, 0.6) is 5.75 Å². The topological polar surface area (TPSA) is 56.6 Å². The van der Waals surface area contributed by atoms with Crippen molar-refractivity contribution in [3.63, 3.8) is 0 Å². The van der Waals surface area contributed by atoms with Crippen LogP contribution >= 0.6 is 0 Å². The van der Waals surface area contributed by atoms with Gasteiger partial charge in [-0.3, -0.25) is 4.79 Å². The molecule has 0 radical (unpaired) electrons. The van der Waals surface area contributed by atoms with Gasteiger partial charge < -0.3 is 14.5 Å². The lowest BCUT2D eigenvalue weighted by Crippen LogP contribution is -2.27. The van der Waals surface area contributed by atoms with E-state index in [1.54, 1.807) is 12.0 Å². The molecular formula is C19H19N3O2. The Morgan fingerprint density at radius 1 is 1.21 bits per heavy atom. The van der Waals surface area contributed by atoms with Gasteiger partial charge in [-0.15, -0.1) is 0 Å². The molecule has 1 heterocycles. The minimum atomic E-state index is -0.586. The Morgan fingerprint density at radius 3 is 2.62 bits per heavy atom. The quantitative estimate of drug-likeness (QED) is 0.869. The van der Waals surface area contributed by atoms with Gasteiger partial charge >= 0.3 is 0 Å². The van der Waals surface area contributed by atoms with Gasteiger partial charge in [-0.2, -0.15) is 5.26 Å². The van der Waals surface area contributed by atoms with Crippen LogP contribution in [0.15, 0.2) is 42.5 Å². The molecule has 0 bridgehead atoms. The Balaban J connectivity index is 2.03. The maximum Gasteiger partial charge on any atom is 0.258 e. The van der Waals surface area contributed by atoms with Crippen molar-refractivity contribution in [3.8, 4) is 11.8 Å². The molecule has 3 rings (SSSR count). The summed E-state index contributed by atoms with van der Waals surface area (Å²) in [5.41, 5.74) is 3.10. The molecule has 2 aromatic carbocycles. The van der Waals surface area contributed by atoms with Crippen LogP contribution in [0.25, 0.3) is 0 Å². The number of hydrogen-bond donors (Lipinski definition) is 0. The molecule has 24 heavy (non-hydrogen) atoms. The number of amides is 1. The van der Waals surface area contributed by atoms with Gasteiger partial charge in [0.1, 0.15) is 11.8 Å². The fourth-order valence-electron chi connectivity index (χ4n) is 3.14. The van der Waals surface area contributed by atoms with Crippen LogP contribution in [-0.2, 0) is 6.54 Å². The summed E-state index contributed by atoms with van der Waals surface area (Å²) in [6.07, 6.45) is 0. The number of rotatable bonds is 4. The number of nitrogens with zero attached hydrogens (tertiary/aromatic N) is 3. The predicted octanol–water partition coefficient (Wildman–Crippen LogP) is 2.98. The van der Waals surface area contributed by atoms with E-state index in [1.807, 2.05) is 61.5 Å². The highest BCUT2D eigenvalue weighted by Crippen LogP contribution is 2.39. The maximum atomic E-state index is 13.0. The molecule has 0 spiro atoms. The summed E-state index contributed by atoms with van der Waals surface area (Å²) in [4.78, 5) is 16.5. The van der Waals surface area contributed by atoms with Crippen LogP contribution < -0.4 is 9.64 Å². The molecule has 5 heteroatoms. The van der Waals surface area contributed by atoms with Crippen LogP contribution in [0.1, 0.15) is 27.5 Å². The number of hydrogen-bond acceptors (Lipinski definition) is 4. The second-order valence-electron chi connectivity index (χ2n) is 5.91. The van der Waals surface area contributed by atoms with Crippen molar-refractivity contribution in [2.75, 3.05) is 26.1 Å². The van der Waals surface area contributed by atoms with E-state index in [4.69, 9.17) is 4.74 Å². The highest BCUT2D eigenvalue weighted by molar-refractivity contribution is 6.04. The smallest absolute Gasteiger partial charge is 0.258 e. The van der Waals surface area contributed by atoms with E-state index in [0.29, 0.717) is 17.9 Å². The van der Waals surface area contributed by atoms with Crippen LogP contribution in [0.2, 0.25) is 0 Å². The van der Waals surface area contributed by atoms with E-state index in [1.165, 1.54) is 0 Å². The Labute approximate surface area is 141 Å². The summed E-state index contributed by atoms with van der Waals surface area (Å²) in [5, 5.41) is 9.65. The fraction of sp³-hybridized carbons (Fsp3) is 0.263. The molecule has 0 aromatic heterocycles. The van der Waals surface area contributed by atoms with Crippen molar-refractivity contribution < 1.29 is 9.53 Å². The monoisotopic (exact) mass is 321 g/mol. The minimum absolute atomic E-state index is 0.119. The normalized spacial score (nSPS) is 15.8. The molecule has 1 unspecified atom stereocenters. The Morgan fingerprint density at radius 2 is 1.96 bits per heavy atom. The number of anilines is 1. The lowest BCUT2D eigenvalue weighted by atomic mass is 10.0. The van der Waals surface area contributed by atoms with E-state index in [9.17, 15) is 10.1 Å². The molecule has 5 nitrogen and oxygen atoms in total. The van der Waals surface area contributed by atoms with Gasteiger partial charge in [0, 0.05) is 30.9 Å². The second kappa shape index (κ2) is 6.25. The molecule has 0 fully saturated rings. The third-order valence-electron chi connectivity index (χ3n) is 4.29. The molecule has 122 valence electrons. The summed E-state index contributed by atoms with van der Waals surface area (Å²) in [7, 11) is 5.39. The van der Waals surface area contributed by atoms with E-state index < -0.39 is 6.04 Å². The van der Waals surface area contributed by atoms with Crippen LogP contribution in [-0.4, -0.2) is 32.0 Å². The average Bonchev–Trinajstić information content (AvgIpc) is 2.87. The zero-order valence-corrected chi connectivity index (χ0v) is 14.0. The second-order valence-corrected chi connectivity index (χ2v) is 5.91. The minimum Gasteiger partial charge on any atom is -0.496 e. The number of carbonyl (C=O) groups excluding carboxylic acids is 1. The number of carbonyl (C=O) groups is 1. The number of para-hydroxylation sites is 1. The van der Waals surface area contributed by atoms with Gasteiger partial charge in [-0.1, -0.05) is 30.3 Å². The number of methoxy groups -OCH3 is 1. The first-order valence-corrected chi connectivity index (χ1v) is 7.71. The first kappa shape index (κ1) is 15.9. The van der Waals surface area contributed by atoms with Crippen LogP contribution in [0.3, 0.4) is 0 Å². The maximum absolute atomic E-state index is 13.0. The van der Waals surface area contributed by atoms with Crippen molar-refractivity contribution in [1.82, 2.24) is 4.90 Å². The van der Waals surface area contributed by atoms with Gasteiger partial charge in [0.15, 0.2) is 0 Å². The summed E-state index contributed by atoms with van der Waals surface area (Å²) in [6.45, 7) is 0.336. The predicted molar refractivity (Wildman–Crippen MR) is 92.0 cm³/mol. The summed E-state index contributed by atoms with van der Waals surface area (Å²) < 4.78 is 5.37. The summed E-state index contributed by atoms with van der Waals surface area (Å²) in [5.74, 6) is 0.595. The average molecular weight is 321 g/mol. The molecule has 0 N–H and O–H groups in total. The molecular weight excluding hydrogens is 302 g/mol. The molecule has 2 aromatic rings. The number of nitriles is 1. The number of fused-ring (bicyclic) bond motifs is 1. The third-order valence-corrected chi connectivity index (χ3v) is 4.29. The molecule has 1 aliphatic heterocycles. The van der Waals surface area contributed by atoms with E-state index >= 15 is 0 Å². The van der Waals surface area contributed by atoms with E-state index in [-0.39, 0.29) is 5.91 Å². The SMILES string of the molecule is COc1ccccc1CN1C(=O)c2c(cccc2N(C)C)C1C#N. The van der Waals surface area contributed by atoms with Gasteiger partial charge in [0.05, 0.1) is 25.3 Å². The lowest BCUT2D eigenvalue weighted by molar-refractivity contribution is 0.0743. The zero-order valence-electron chi connectivity index (χ0n) is 14.0. The van der Waals surface area contributed by atoms with E-state index in [0.717, 1.165) is 16.8 Å². The molecule has 1 amide bonds. The van der Waals surface area contributed by atoms with Crippen molar-refractivity contribution in [2.24, 2.45) is 0 Å². The first-order chi connectivity index (χ1) is 11.6. The van der Waals surface area contributed by atoms with Gasteiger partial charge in [0.25, 0.3) is 5.91 Å². The Bertz CT molecular complexity index is 824. The third kappa shape index (κ3) is 2.46. The highest BCUT2D eigenvalue weighted by Gasteiger charge is 2.39. The summed E-state index contributed by atoms with van der Waals surface area (Å²) >= 11 is 0. The van der Waals surface area contributed by atoms with Gasteiger partial charge in [-0.25, -0.2) is 0 Å². The lowest BCUT2D eigenvalue weighted by Gasteiger charge is -2.21. The van der Waals surface area contributed by atoms with Crippen molar-refractivity contribution in [2.45, 2.75) is 12.6 Å². The zero-order chi connectivity index (χ0) is 17.3. The van der Waals surface area contributed by atoms with Crippen molar-refractivity contribution in [1.29, 1.82) is 5.26 Å². The van der Waals surface area contributed by atoms with Gasteiger partial charge in [-0.05, 0) is 12.1 Å². The molecule has 0 saturated carbocycles. The summed E-state index contributed by atoms with van der Waals surface area (Å²) in [6, 6.07) is 14.9. The van der Waals surface area contributed by atoms with Crippen LogP contribution in [0.4, 0.5) is 5.69 Å². The molecule has 0 aliphatic carbocycles. The van der Waals surface area contributed by atoms with E-state index in [2.05, 4.69) is 6.07 Å². The fourth-order valence-corrected chi connectivity index (χ4v) is 3.14. The molecule has 0 saturated heterocycles. The Kier molecular flexibility index (Phi) is 4.13. The highest BCUT2D eigenvalue weighted by atomic mass is 16.5. The number of ether oxygens (including phenoxy) is 1. The van der Waals surface area contributed by atoms with Crippen molar-refractivity contribution in [3.05, 3.63) is 59.2 Å². The molecule has 1 atom stereocenters. The molecule has 1 aliphatic rings. The van der Waals surface area contributed by atoms with Crippen molar-refractivity contribution >= 4 is 11.6 Å². The first-order valence-electron chi connectivity index (χ1n) is 7.71. The Hall–Kier alpha value is -3.00. The largest absolute Gasteiger partial charge is 0.496 e. The number of benzene rings is 2. The van der Waals surface area contributed by atoms with Crippen LogP contribution in [0, 0.1) is 11.3 Å². The standard InChI is InChI=1S/C19H19N3O2/c1-21(2)15-9-6-8-14-16(11-20)22(19(23)18(14)15)12-13-7-4-5-10-17(13)24-3/h4-10,16H,12H2,1-3H3. The van der Waals surface area contributed by atoms with Gasteiger partial charge in [0.2, 0.25) is 0 Å².